The van der Waals surface area contributed by atoms with E-state index in [2.05, 4.69) is 20.9 Å². The molecule has 6 nitrogen and oxygen atoms in total. The fraction of sp³-hybridized carbons (Fsp3) is 0.600. The molecule has 144 valence electrons. The fourth-order valence-corrected chi connectivity index (χ4v) is 3.29. The van der Waals surface area contributed by atoms with Crippen molar-refractivity contribution < 1.29 is 9.90 Å². The molecule has 0 aliphatic heterocycles. The summed E-state index contributed by atoms with van der Waals surface area (Å²) in [4.78, 5) is 16.2. The third-order valence-electron chi connectivity index (χ3n) is 4.85. The molecule has 0 bridgehead atoms. The van der Waals surface area contributed by atoms with Crippen molar-refractivity contribution >= 4 is 11.9 Å². The average molecular weight is 361 g/mol. The van der Waals surface area contributed by atoms with Crippen molar-refractivity contribution in [2.75, 3.05) is 26.7 Å². The van der Waals surface area contributed by atoms with E-state index in [-0.39, 0.29) is 18.4 Å². The second-order valence-electron chi connectivity index (χ2n) is 6.82. The molecule has 4 N–H and O–H groups in total. The molecule has 2 rings (SSSR count). The molecular weight excluding hydrogens is 328 g/mol. The number of rotatable bonds is 8. The number of hydrogen-bond acceptors (Lipinski definition) is 3. The number of carbonyl (C=O) groups excluding carboxylic acids is 1. The Morgan fingerprint density at radius 3 is 2.58 bits per heavy atom. The monoisotopic (exact) mass is 360 g/mol. The first-order valence-corrected chi connectivity index (χ1v) is 9.62. The predicted molar refractivity (Wildman–Crippen MR) is 105 cm³/mol. The lowest BCUT2D eigenvalue weighted by atomic mass is 9.95. The molecule has 0 heterocycles. The van der Waals surface area contributed by atoms with E-state index in [9.17, 15) is 9.90 Å². The van der Waals surface area contributed by atoms with Gasteiger partial charge < -0.3 is 21.1 Å². The average Bonchev–Trinajstić information content (AvgIpc) is 2.68. The summed E-state index contributed by atoms with van der Waals surface area (Å²) in [6.45, 7) is 1.18. The van der Waals surface area contributed by atoms with E-state index in [1.54, 1.807) is 7.05 Å². The largest absolute Gasteiger partial charge is 0.396 e. The van der Waals surface area contributed by atoms with Crippen LogP contribution in [-0.4, -0.2) is 49.8 Å². The maximum Gasteiger partial charge on any atom is 0.221 e. The molecule has 1 atom stereocenters. The first kappa shape index (κ1) is 20.2. The molecule has 1 unspecified atom stereocenters. The standard InChI is InChI=1S/C20H32N4O2/c1-21-20(23-14-17(15-25)16-8-4-2-5-9-16)22-13-12-19(26)24-18-10-6-3-7-11-18/h2,4-5,8-9,17-18,25H,3,6-7,10-15H2,1H3,(H,24,26)(H2,21,22,23). The second-order valence-corrected chi connectivity index (χ2v) is 6.82. The van der Waals surface area contributed by atoms with Crippen LogP contribution in [0.5, 0.6) is 0 Å². The molecule has 6 heteroatoms. The molecule has 1 aromatic carbocycles. The van der Waals surface area contributed by atoms with Crippen molar-refractivity contribution in [2.24, 2.45) is 4.99 Å². The van der Waals surface area contributed by atoms with Gasteiger partial charge in [0.05, 0.1) is 6.61 Å². The minimum Gasteiger partial charge on any atom is -0.396 e. The van der Waals surface area contributed by atoms with E-state index >= 15 is 0 Å². The Morgan fingerprint density at radius 1 is 1.19 bits per heavy atom. The summed E-state index contributed by atoms with van der Waals surface area (Å²) in [5.41, 5.74) is 1.09. The third-order valence-corrected chi connectivity index (χ3v) is 4.85. The molecule has 0 saturated heterocycles. The molecule has 0 spiro atoms. The first-order valence-electron chi connectivity index (χ1n) is 9.62. The van der Waals surface area contributed by atoms with Gasteiger partial charge in [-0.05, 0) is 18.4 Å². The summed E-state index contributed by atoms with van der Waals surface area (Å²) < 4.78 is 0. The van der Waals surface area contributed by atoms with Gasteiger partial charge >= 0.3 is 0 Å². The van der Waals surface area contributed by atoms with Gasteiger partial charge in [-0.1, -0.05) is 49.6 Å². The molecule has 1 aliphatic carbocycles. The molecule has 1 saturated carbocycles. The van der Waals surface area contributed by atoms with Crippen molar-refractivity contribution in [1.29, 1.82) is 0 Å². The van der Waals surface area contributed by atoms with Crippen LogP contribution in [0.1, 0.15) is 50.0 Å². The normalized spacial score (nSPS) is 16.8. The van der Waals surface area contributed by atoms with E-state index in [1.807, 2.05) is 30.3 Å². The second kappa shape index (κ2) is 11.5. The lowest BCUT2D eigenvalue weighted by molar-refractivity contribution is -0.121. The highest BCUT2D eigenvalue weighted by molar-refractivity contribution is 5.81. The van der Waals surface area contributed by atoms with Gasteiger partial charge in [0, 0.05) is 38.5 Å². The molecular formula is C20H32N4O2. The zero-order chi connectivity index (χ0) is 18.6. The van der Waals surface area contributed by atoms with Crippen LogP contribution in [0.2, 0.25) is 0 Å². The number of aliphatic hydroxyl groups is 1. The summed E-state index contributed by atoms with van der Waals surface area (Å²) in [6.07, 6.45) is 6.35. The highest BCUT2D eigenvalue weighted by Gasteiger charge is 2.15. The van der Waals surface area contributed by atoms with E-state index in [0.717, 1.165) is 18.4 Å². The van der Waals surface area contributed by atoms with Gasteiger partial charge in [0.2, 0.25) is 5.91 Å². The summed E-state index contributed by atoms with van der Waals surface area (Å²) in [5, 5.41) is 19.1. The number of aliphatic hydroxyl groups excluding tert-OH is 1. The Hall–Kier alpha value is -2.08. The molecule has 0 radical (unpaired) electrons. The van der Waals surface area contributed by atoms with Crippen molar-refractivity contribution in [2.45, 2.75) is 50.5 Å². The summed E-state index contributed by atoms with van der Waals surface area (Å²) in [7, 11) is 1.70. The lowest BCUT2D eigenvalue weighted by Gasteiger charge is -2.23. The lowest BCUT2D eigenvalue weighted by Crippen LogP contribution is -2.42. The van der Waals surface area contributed by atoms with Crippen molar-refractivity contribution in [3.63, 3.8) is 0 Å². The minimum absolute atomic E-state index is 0.00403. The number of nitrogens with one attached hydrogen (secondary N) is 3. The van der Waals surface area contributed by atoms with Crippen LogP contribution in [-0.2, 0) is 4.79 Å². The summed E-state index contributed by atoms with van der Waals surface area (Å²) in [6, 6.07) is 10.3. The molecule has 1 amide bonds. The number of carbonyl (C=O) groups is 1. The number of guanidine groups is 1. The van der Waals surface area contributed by atoms with Crippen LogP contribution >= 0.6 is 0 Å². The van der Waals surface area contributed by atoms with Crippen molar-refractivity contribution in [1.82, 2.24) is 16.0 Å². The van der Waals surface area contributed by atoms with Crippen LogP contribution in [0, 0.1) is 0 Å². The Labute approximate surface area is 156 Å². The zero-order valence-electron chi connectivity index (χ0n) is 15.7. The molecule has 1 aliphatic rings. The maximum atomic E-state index is 12.0. The number of benzene rings is 1. The van der Waals surface area contributed by atoms with E-state index in [0.29, 0.717) is 31.5 Å². The minimum atomic E-state index is 0.00403. The fourth-order valence-electron chi connectivity index (χ4n) is 3.29. The number of nitrogens with zero attached hydrogens (tertiary/aromatic N) is 1. The summed E-state index contributed by atoms with van der Waals surface area (Å²) >= 11 is 0. The van der Waals surface area contributed by atoms with Crippen LogP contribution in [0.4, 0.5) is 0 Å². The topological polar surface area (TPSA) is 85.8 Å². The quantitative estimate of drug-likeness (QED) is 0.420. The van der Waals surface area contributed by atoms with Crippen molar-refractivity contribution in [3.8, 4) is 0 Å². The highest BCUT2D eigenvalue weighted by Crippen LogP contribution is 2.17. The van der Waals surface area contributed by atoms with Gasteiger partial charge in [0.1, 0.15) is 0 Å². The van der Waals surface area contributed by atoms with Gasteiger partial charge in [0.15, 0.2) is 5.96 Å². The zero-order valence-corrected chi connectivity index (χ0v) is 15.7. The number of hydrogen-bond donors (Lipinski definition) is 4. The van der Waals surface area contributed by atoms with E-state index in [4.69, 9.17) is 0 Å². The molecule has 26 heavy (non-hydrogen) atoms. The molecule has 0 aromatic heterocycles. The van der Waals surface area contributed by atoms with Gasteiger partial charge in [-0.25, -0.2) is 0 Å². The Bertz CT molecular complexity index is 556. The van der Waals surface area contributed by atoms with Crippen LogP contribution in [0.15, 0.2) is 35.3 Å². The van der Waals surface area contributed by atoms with Gasteiger partial charge in [-0.2, -0.15) is 0 Å². The highest BCUT2D eigenvalue weighted by atomic mass is 16.3. The predicted octanol–water partition coefficient (Wildman–Crippen LogP) is 1.77. The third kappa shape index (κ3) is 7.04. The van der Waals surface area contributed by atoms with Crippen LogP contribution in [0.25, 0.3) is 0 Å². The van der Waals surface area contributed by atoms with E-state index < -0.39 is 0 Å². The van der Waals surface area contributed by atoms with Crippen LogP contribution < -0.4 is 16.0 Å². The Kier molecular flexibility index (Phi) is 8.96. The van der Waals surface area contributed by atoms with Gasteiger partial charge in [-0.3, -0.25) is 9.79 Å². The smallest absolute Gasteiger partial charge is 0.221 e. The van der Waals surface area contributed by atoms with E-state index in [1.165, 1.54) is 19.3 Å². The van der Waals surface area contributed by atoms with Crippen LogP contribution in [0.3, 0.4) is 0 Å². The SMILES string of the molecule is CN=C(NCCC(=O)NC1CCCCC1)NCC(CO)c1ccccc1. The van der Waals surface area contributed by atoms with Gasteiger partial charge in [-0.15, -0.1) is 0 Å². The van der Waals surface area contributed by atoms with Crippen molar-refractivity contribution in [3.05, 3.63) is 35.9 Å². The molecule has 1 fully saturated rings. The van der Waals surface area contributed by atoms with Gasteiger partial charge in [0.25, 0.3) is 0 Å². The Morgan fingerprint density at radius 2 is 1.92 bits per heavy atom. The Balaban J connectivity index is 1.67. The molecule has 1 aromatic rings. The first-order chi connectivity index (χ1) is 12.7. The number of aliphatic imine (C=N–C) groups is 1. The maximum absolute atomic E-state index is 12.0. The number of amides is 1. The summed E-state index contributed by atoms with van der Waals surface area (Å²) in [5.74, 6) is 0.742.